The van der Waals surface area contributed by atoms with Crippen LogP contribution in [-0.2, 0) is 0 Å². The van der Waals surface area contributed by atoms with E-state index in [9.17, 15) is 14.9 Å². The highest BCUT2D eigenvalue weighted by atomic mass is 32.1. The molecule has 0 spiro atoms. The van der Waals surface area contributed by atoms with E-state index in [-0.39, 0.29) is 11.6 Å². The third kappa shape index (κ3) is 3.78. The average Bonchev–Trinajstić information content (AvgIpc) is 3.25. The fraction of sp³-hybridized carbons (Fsp3) is 0.0625. The van der Waals surface area contributed by atoms with Crippen LogP contribution in [0.3, 0.4) is 0 Å². The molecule has 3 rings (SSSR count). The standard InChI is InChI=1S/C16H13N5O3S/c1-11-12(9-17-18-16(22)15-3-2-8-25-15)10-20(19-11)13-4-6-14(7-5-13)21(23)24/h2-10H,1H3,(H,18,22)/b17-9-. The normalized spacial score (nSPS) is 10.9. The number of hydrogen-bond donors (Lipinski definition) is 1. The summed E-state index contributed by atoms with van der Waals surface area (Å²) in [6, 6.07) is 9.58. The van der Waals surface area contributed by atoms with E-state index in [0.29, 0.717) is 16.3 Å². The molecule has 0 aliphatic heterocycles. The van der Waals surface area contributed by atoms with Crippen LogP contribution >= 0.6 is 11.3 Å². The Balaban J connectivity index is 1.72. The molecule has 0 saturated carbocycles. The maximum atomic E-state index is 11.8. The number of non-ortho nitro benzene ring substituents is 1. The zero-order chi connectivity index (χ0) is 17.8. The molecule has 2 aromatic heterocycles. The molecule has 0 radical (unpaired) electrons. The minimum Gasteiger partial charge on any atom is -0.266 e. The van der Waals surface area contributed by atoms with Gasteiger partial charge in [0.05, 0.1) is 27.4 Å². The average molecular weight is 355 g/mol. The van der Waals surface area contributed by atoms with E-state index in [1.54, 1.807) is 35.1 Å². The largest absolute Gasteiger partial charge is 0.281 e. The lowest BCUT2D eigenvalue weighted by Gasteiger charge is -1.99. The molecule has 126 valence electrons. The van der Waals surface area contributed by atoms with Gasteiger partial charge in [-0.15, -0.1) is 11.3 Å². The highest BCUT2D eigenvalue weighted by Crippen LogP contribution is 2.16. The Bertz CT molecular complexity index is 929. The number of thiophene rings is 1. The van der Waals surface area contributed by atoms with Crippen molar-refractivity contribution in [1.29, 1.82) is 0 Å². The van der Waals surface area contributed by atoms with E-state index in [4.69, 9.17) is 0 Å². The van der Waals surface area contributed by atoms with Gasteiger partial charge in [0.1, 0.15) is 0 Å². The van der Waals surface area contributed by atoms with E-state index in [0.717, 1.165) is 5.56 Å². The van der Waals surface area contributed by atoms with Gasteiger partial charge in [-0.2, -0.15) is 10.2 Å². The molecule has 0 bridgehead atoms. The molecular formula is C16H13N5O3S. The van der Waals surface area contributed by atoms with Crippen molar-refractivity contribution < 1.29 is 9.72 Å². The van der Waals surface area contributed by atoms with Gasteiger partial charge < -0.3 is 0 Å². The third-order valence-corrected chi connectivity index (χ3v) is 4.25. The van der Waals surface area contributed by atoms with Crippen molar-refractivity contribution in [2.24, 2.45) is 5.10 Å². The van der Waals surface area contributed by atoms with Crippen LogP contribution in [0.5, 0.6) is 0 Å². The second-order valence-corrected chi connectivity index (χ2v) is 6.01. The second kappa shape index (κ2) is 7.05. The first-order valence-electron chi connectivity index (χ1n) is 7.22. The SMILES string of the molecule is Cc1nn(-c2ccc([N+](=O)[O-])cc2)cc1/C=N\NC(=O)c1cccs1. The van der Waals surface area contributed by atoms with Gasteiger partial charge in [-0.25, -0.2) is 10.1 Å². The van der Waals surface area contributed by atoms with E-state index in [2.05, 4.69) is 15.6 Å². The van der Waals surface area contributed by atoms with Crippen molar-refractivity contribution in [3.63, 3.8) is 0 Å². The van der Waals surface area contributed by atoms with E-state index in [1.807, 2.05) is 12.3 Å². The number of benzene rings is 1. The smallest absolute Gasteiger partial charge is 0.266 e. The molecule has 9 heteroatoms. The monoisotopic (exact) mass is 355 g/mol. The summed E-state index contributed by atoms with van der Waals surface area (Å²) >= 11 is 1.33. The van der Waals surface area contributed by atoms with Crippen LogP contribution in [0.25, 0.3) is 5.69 Å². The van der Waals surface area contributed by atoms with Crippen molar-refractivity contribution in [2.75, 3.05) is 0 Å². The number of hydrogen-bond acceptors (Lipinski definition) is 6. The Kier molecular flexibility index (Phi) is 4.66. The minimum atomic E-state index is -0.452. The maximum Gasteiger partial charge on any atom is 0.281 e. The van der Waals surface area contributed by atoms with Crippen LogP contribution < -0.4 is 5.43 Å². The lowest BCUT2D eigenvalue weighted by molar-refractivity contribution is -0.384. The highest BCUT2D eigenvalue weighted by Gasteiger charge is 2.08. The summed E-state index contributed by atoms with van der Waals surface area (Å²) in [6.07, 6.45) is 3.24. The Labute approximate surface area is 146 Å². The number of aromatic nitrogens is 2. The quantitative estimate of drug-likeness (QED) is 0.432. The molecule has 2 heterocycles. The summed E-state index contributed by atoms with van der Waals surface area (Å²) in [5, 5.41) is 20.8. The van der Waals surface area contributed by atoms with Gasteiger partial charge in [0.2, 0.25) is 0 Å². The van der Waals surface area contributed by atoms with Crippen LogP contribution in [0.2, 0.25) is 0 Å². The summed E-state index contributed by atoms with van der Waals surface area (Å²) in [6.45, 7) is 1.81. The maximum absolute atomic E-state index is 11.8. The molecule has 25 heavy (non-hydrogen) atoms. The summed E-state index contributed by atoms with van der Waals surface area (Å²) in [4.78, 5) is 22.6. The summed E-state index contributed by atoms with van der Waals surface area (Å²) in [5.41, 5.74) is 4.61. The Morgan fingerprint density at radius 3 is 2.76 bits per heavy atom. The van der Waals surface area contributed by atoms with Crippen LogP contribution in [0, 0.1) is 17.0 Å². The van der Waals surface area contributed by atoms with E-state index in [1.165, 1.54) is 29.7 Å². The lowest BCUT2D eigenvalue weighted by atomic mass is 10.3. The van der Waals surface area contributed by atoms with Crippen molar-refractivity contribution >= 4 is 29.1 Å². The molecule has 1 N–H and O–H groups in total. The second-order valence-electron chi connectivity index (χ2n) is 5.06. The molecule has 1 amide bonds. The number of nitro benzene ring substituents is 1. The molecule has 3 aromatic rings. The van der Waals surface area contributed by atoms with Crippen molar-refractivity contribution in [1.82, 2.24) is 15.2 Å². The number of nitrogens with one attached hydrogen (secondary N) is 1. The summed E-state index contributed by atoms with van der Waals surface area (Å²) in [5.74, 6) is -0.272. The number of nitrogens with zero attached hydrogens (tertiary/aromatic N) is 4. The minimum absolute atomic E-state index is 0.0192. The van der Waals surface area contributed by atoms with Crippen molar-refractivity contribution in [2.45, 2.75) is 6.92 Å². The predicted molar refractivity (Wildman–Crippen MR) is 94.3 cm³/mol. The van der Waals surface area contributed by atoms with E-state index >= 15 is 0 Å². The van der Waals surface area contributed by atoms with Crippen LogP contribution in [0.15, 0.2) is 53.1 Å². The number of rotatable bonds is 5. The fourth-order valence-electron chi connectivity index (χ4n) is 2.08. The summed E-state index contributed by atoms with van der Waals surface area (Å²) < 4.78 is 1.60. The fourth-order valence-corrected chi connectivity index (χ4v) is 2.70. The molecular weight excluding hydrogens is 342 g/mol. The van der Waals surface area contributed by atoms with Gasteiger partial charge in [0, 0.05) is 23.9 Å². The molecule has 0 saturated heterocycles. The van der Waals surface area contributed by atoms with Crippen LogP contribution in [0.4, 0.5) is 5.69 Å². The topological polar surface area (TPSA) is 102 Å². The number of amides is 1. The number of aryl methyl sites for hydroxylation is 1. The van der Waals surface area contributed by atoms with Gasteiger partial charge >= 0.3 is 0 Å². The first-order valence-corrected chi connectivity index (χ1v) is 8.10. The van der Waals surface area contributed by atoms with Crippen molar-refractivity contribution in [3.8, 4) is 5.69 Å². The number of hydrazone groups is 1. The predicted octanol–water partition coefficient (Wildman–Crippen LogP) is 2.91. The van der Waals surface area contributed by atoms with Gasteiger partial charge in [-0.05, 0) is 30.5 Å². The molecule has 1 aromatic carbocycles. The number of nitro groups is 1. The third-order valence-electron chi connectivity index (χ3n) is 3.38. The number of carbonyl (C=O) groups excluding carboxylic acids is 1. The highest BCUT2D eigenvalue weighted by molar-refractivity contribution is 7.12. The summed E-state index contributed by atoms with van der Waals surface area (Å²) in [7, 11) is 0. The first kappa shape index (κ1) is 16.5. The molecule has 0 atom stereocenters. The lowest BCUT2D eigenvalue weighted by Crippen LogP contribution is -2.16. The number of carbonyl (C=O) groups is 1. The Morgan fingerprint density at radius 2 is 2.12 bits per heavy atom. The molecule has 0 aliphatic rings. The van der Waals surface area contributed by atoms with Crippen LogP contribution in [-0.4, -0.2) is 26.8 Å². The Morgan fingerprint density at radius 1 is 1.36 bits per heavy atom. The van der Waals surface area contributed by atoms with Crippen LogP contribution in [0.1, 0.15) is 20.9 Å². The van der Waals surface area contributed by atoms with E-state index < -0.39 is 4.92 Å². The molecule has 8 nitrogen and oxygen atoms in total. The molecule has 0 fully saturated rings. The molecule has 0 unspecified atom stereocenters. The zero-order valence-electron chi connectivity index (χ0n) is 13.1. The first-order chi connectivity index (χ1) is 12.0. The van der Waals surface area contributed by atoms with Gasteiger partial charge in [-0.3, -0.25) is 14.9 Å². The van der Waals surface area contributed by atoms with Gasteiger partial charge in [0.15, 0.2) is 0 Å². The van der Waals surface area contributed by atoms with Gasteiger partial charge in [-0.1, -0.05) is 6.07 Å². The Hall–Kier alpha value is -3.33. The zero-order valence-corrected chi connectivity index (χ0v) is 13.9. The van der Waals surface area contributed by atoms with Crippen molar-refractivity contribution in [3.05, 3.63) is 74.2 Å². The molecule has 0 aliphatic carbocycles. The van der Waals surface area contributed by atoms with Gasteiger partial charge in [0.25, 0.3) is 11.6 Å².